The molecule has 0 radical (unpaired) electrons. The number of piperazine rings is 1. The monoisotopic (exact) mass is 342 g/mol. The van der Waals surface area contributed by atoms with Crippen LogP contribution in [0.2, 0.25) is 0 Å². The minimum Gasteiger partial charge on any atom is -0.340 e. The lowest BCUT2D eigenvalue weighted by Crippen LogP contribution is -2.59. The summed E-state index contributed by atoms with van der Waals surface area (Å²) in [5, 5.41) is 8.11. The number of para-hydroxylation sites is 1. The van der Waals surface area contributed by atoms with Gasteiger partial charge in [0.2, 0.25) is 11.8 Å². The van der Waals surface area contributed by atoms with Crippen LogP contribution in [-0.4, -0.2) is 87.8 Å². The Bertz CT molecular complexity index is 789. The SMILES string of the molecule is CN1CCN(C(=O)C2CN(C(=O)Cn3nnc4ccccc43)C2)CC1. The van der Waals surface area contributed by atoms with Gasteiger partial charge in [-0.25, -0.2) is 4.68 Å². The Kier molecular flexibility index (Phi) is 4.12. The molecule has 8 nitrogen and oxygen atoms in total. The zero-order valence-electron chi connectivity index (χ0n) is 14.3. The zero-order valence-corrected chi connectivity index (χ0v) is 14.3. The van der Waals surface area contributed by atoms with Gasteiger partial charge in [-0.05, 0) is 19.2 Å². The van der Waals surface area contributed by atoms with Crippen LogP contribution in [0.25, 0.3) is 11.0 Å². The van der Waals surface area contributed by atoms with Gasteiger partial charge in [-0.3, -0.25) is 9.59 Å². The highest BCUT2D eigenvalue weighted by Crippen LogP contribution is 2.20. The lowest BCUT2D eigenvalue weighted by Gasteiger charge is -2.42. The molecule has 0 N–H and O–H groups in total. The predicted molar refractivity (Wildman–Crippen MR) is 91.7 cm³/mol. The van der Waals surface area contributed by atoms with Crippen molar-refractivity contribution in [3.05, 3.63) is 24.3 Å². The van der Waals surface area contributed by atoms with Gasteiger partial charge in [0.15, 0.2) is 0 Å². The Balaban J connectivity index is 1.31. The molecule has 2 aromatic rings. The quantitative estimate of drug-likeness (QED) is 0.763. The van der Waals surface area contributed by atoms with Crippen molar-refractivity contribution >= 4 is 22.8 Å². The van der Waals surface area contributed by atoms with Crippen LogP contribution in [0.5, 0.6) is 0 Å². The summed E-state index contributed by atoms with van der Waals surface area (Å²) in [6.45, 7) is 4.58. The normalized spacial score (nSPS) is 19.2. The average molecular weight is 342 g/mol. The van der Waals surface area contributed by atoms with Crippen molar-refractivity contribution in [2.75, 3.05) is 46.3 Å². The van der Waals surface area contributed by atoms with Gasteiger partial charge in [0, 0.05) is 39.3 Å². The predicted octanol–water partition coefficient (Wildman–Crippen LogP) is -0.336. The number of carbonyl (C=O) groups excluding carboxylic acids is 2. The first-order valence-corrected chi connectivity index (χ1v) is 8.65. The van der Waals surface area contributed by atoms with E-state index in [9.17, 15) is 9.59 Å². The van der Waals surface area contributed by atoms with Crippen molar-refractivity contribution < 1.29 is 9.59 Å². The van der Waals surface area contributed by atoms with Crippen molar-refractivity contribution in [1.82, 2.24) is 29.7 Å². The largest absolute Gasteiger partial charge is 0.340 e. The van der Waals surface area contributed by atoms with E-state index < -0.39 is 0 Å². The molecular formula is C17H22N6O2. The van der Waals surface area contributed by atoms with Gasteiger partial charge < -0.3 is 14.7 Å². The number of likely N-dealkylation sites (tertiary alicyclic amines) is 1. The van der Waals surface area contributed by atoms with E-state index in [1.165, 1.54) is 0 Å². The van der Waals surface area contributed by atoms with Crippen molar-refractivity contribution in [3.63, 3.8) is 0 Å². The lowest BCUT2D eigenvalue weighted by molar-refractivity contribution is -0.149. The van der Waals surface area contributed by atoms with Crippen LogP contribution < -0.4 is 0 Å². The summed E-state index contributed by atoms with van der Waals surface area (Å²) < 4.78 is 1.62. The number of amides is 2. The van der Waals surface area contributed by atoms with Crippen molar-refractivity contribution in [2.45, 2.75) is 6.54 Å². The van der Waals surface area contributed by atoms with Crippen LogP contribution in [0.3, 0.4) is 0 Å². The smallest absolute Gasteiger partial charge is 0.244 e. The first-order chi connectivity index (χ1) is 12.1. The molecule has 2 fully saturated rings. The van der Waals surface area contributed by atoms with E-state index in [-0.39, 0.29) is 24.3 Å². The fourth-order valence-corrected chi connectivity index (χ4v) is 3.39. The molecule has 0 spiro atoms. The molecule has 4 rings (SSSR count). The van der Waals surface area contributed by atoms with Gasteiger partial charge in [-0.15, -0.1) is 5.10 Å². The second kappa shape index (κ2) is 6.44. The summed E-state index contributed by atoms with van der Waals surface area (Å²) in [7, 11) is 2.07. The van der Waals surface area contributed by atoms with Crippen molar-refractivity contribution in [3.8, 4) is 0 Å². The molecule has 1 aromatic carbocycles. The second-order valence-corrected chi connectivity index (χ2v) is 6.86. The molecule has 2 saturated heterocycles. The van der Waals surface area contributed by atoms with Crippen LogP contribution in [-0.2, 0) is 16.1 Å². The van der Waals surface area contributed by atoms with Crippen LogP contribution in [0.1, 0.15) is 0 Å². The van der Waals surface area contributed by atoms with E-state index in [1.807, 2.05) is 29.2 Å². The summed E-state index contributed by atoms with van der Waals surface area (Å²) in [6.07, 6.45) is 0. The van der Waals surface area contributed by atoms with E-state index in [0.29, 0.717) is 13.1 Å². The molecule has 1 aromatic heterocycles. The molecule has 2 amide bonds. The topological polar surface area (TPSA) is 74.6 Å². The average Bonchev–Trinajstić information content (AvgIpc) is 2.97. The first kappa shape index (κ1) is 16.0. The highest BCUT2D eigenvalue weighted by molar-refractivity contribution is 5.85. The molecular weight excluding hydrogens is 320 g/mol. The molecule has 8 heteroatoms. The molecule has 3 heterocycles. The number of hydrogen-bond acceptors (Lipinski definition) is 5. The molecule has 2 aliphatic heterocycles. The maximum atomic E-state index is 12.5. The number of aromatic nitrogens is 3. The van der Waals surface area contributed by atoms with E-state index in [2.05, 4.69) is 22.3 Å². The molecule has 25 heavy (non-hydrogen) atoms. The Morgan fingerprint density at radius 2 is 1.80 bits per heavy atom. The molecule has 0 saturated carbocycles. The van der Waals surface area contributed by atoms with Crippen molar-refractivity contribution in [2.24, 2.45) is 5.92 Å². The van der Waals surface area contributed by atoms with Gasteiger partial charge in [-0.2, -0.15) is 0 Å². The van der Waals surface area contributed by atoms with Gasteiger partial charge in [-0.1, -0.05) is 17.3 Å². The number of carbonyl (C=O) groups is 2. The highest BCUT2D eigenvalue weighted by Gasteiger charge is 2.38. The zero-order chi connectivity index (χ0) is 17.4. The molecule has 2 aliphatic rings. The third-order valence-corrected chi connectivity index (χ3v) is 5.10. The molecule has 0 bridgehead atoms. The van der Waals surface area contributed by atoms with E-state index in [1.54, 1.807) is 9.58 Å². The number of rotatable bonds is 3. The Morgan fingerprint density at radius 3 is 2.56 bits per heavy atom. The highest BCUT2D eigenvalue weighted by atomic mass is 16.2. The second-order valence-electron chi connectivity index (χ2n) is 6.86. The minimum absolute atomic E-state index is 0.0157. The molecule has 0 unspecified atom stereocenters. The summed E-state index contributed by atoms with van der Waals surface area (Å²) in [5.74, 6) is 0.112. The van der Waals surface area contributed by atoms with E-state index in [0.717, 1.165) is 37.2 Å². The van der Waals surface area contributed by atoms with Crippen LogP contribution >= 0.6 is 0 Å². The van der Waals surface area contributed by atoms with Gasteiger partial charge in [0.1, 0.15) is 12.1 Å². The number of fused-ring (bicyclic) bond motifs is 1. The maximum Gasteiger partial charge on any atom is 0.244 e. The fraction of sp³-hybridized carbons (Fsp3) is 0.529. The Hall–Kier alpha value is -2.48. The summed E-state index contributed by atoms with van der Waals surface area (Å²) in [4.78, 5) is 30.8. The summed E-state index contributed by atoms with van der Waals surface area (Å²) in [6, 6.07) is 7.57. The van der Waals surface area contributed by atoms with E-state index >= 15 is 0 Å². The third kappa shape index (κ3) is 3.09. The first-order valence-electron chi connectivity index (χ1n) is 8.65. The van der Waals surface area contributed by atoms with Crippen LogP contribution in [0, 0.1) is 5.92 Å². The van der Waals surface area contributed by atoms with E-state index in [4.69, 9.17) is 0 Å². The van der Waals surface area contributed by atoms with Gasteiger partial charge >= 0.3 is 0 Å². The third-order valence-electron chi connectivity index (χ3n) is 5.10. The number of benzene rings is 1. The lowest BCUT2D eigenvalue weighted by atomic mass is 9.98. The summed E-state index contributed by atoms with van der Waals surface area (Å²) >= 11 is 0. The summed E-state index contributed by atoms with van der Waals surface area (Å²) in [5.41, 5.74) is 1.63. The molecule has 0 aliphatic carbocycles. The van der Waals surface area contributed by atoms with Gasteiger partial charge in [0.25, 0.3) is 0 Å². The van der Waals surface area contributed by atoms with Crippen LogP contribution in [0.15, 0.2) is 24.3 Å². The molecule has 0 atom stereocenters. The van der Waals surface area contributed by atoms with Crippen molar-refractivity contribution in [1.29, 1.82) is 0 Å². The standard InChI is InChI=1S/C17H22N6O2/c1-20-6-8-21(9-7-20)17(25)13-10-22(11-13)16(24)12-23-15-5-3-2-4-14(15)18-19-23/h2-5,13H,6-12H2,1H3. The maximum absolute atomic E-state index is 12.5. The number of likely N-dealkylation sites (N-methyl/N-ethyl adjacent to an activating group) is 1. The van der Waals surface area contributed by atoms with Crippen LogP contribution in [0.4, 0.5) is 0 Å². The Labute approximate surface area is 146 Å². The Morgan fingerprint density at radius 1 is 1.08 bits per heavy atom. The minimum atomic E-state index is -0.0557. The van der Waals surface area contributed by atoms with Gasteiger partial charge in [0.05, 0.1) is 11.4 Å². The number of hydrogen-bond donors (Lipinski definition) is 0. The molecule has 132 valence electrons. The fourth-order valence-electron chi connectivity index (χ4n) is 3.39. The number of nitrogens with zero attached hydrogens (tertiary/aromatic N) is 6.